The molecule has 0 saturated carbocycles. The van der Waals surface area contributed by atoms with Crippen LogP contribution in [-0.4, -0.2) is 18.5 Å². The molecule has 0 amide bonds. The van der Waals surface area contributed by atoms with Crippen LogP contribution in [0.5, 0.6) is 0 Å². The van der Waals surface area contributed by atoms with E-state index in [2.05, 4.69) is 21.0 Å². The Balaban J connectivity index is 1.82. The van der Waals surface area contributed by atoms with E-state index in [0.29, 0.717) is 23.3 Å². The van der Waals surface area contributed by atoms with E-state index in [4.69, 9.17) is 0 Å². The molecule has 1 aliphatic rings. The van der Waals surface area contributed by atoms with Gasteiger partial charge >= 0.3 is 0 Å². The summed E-state index contributed by atoms with van der Waals surface area (Å²) in [6.07, 6.45) is 0.401. The molecule has 0 unspecified atom stereocenters. The van der Waals surface area contributed by atoms with Gasteiger partial charge in [0.1, 0.15) is 5.82 Å². The minimum atomic E-state index is -3.88. The molecule has 7 heteroatoms. The average molecular weight is 473 g/mol. The highest BCUT2D eigenvalue weighted by Gasteiger charge is 2.38. The quantitative estimate of drug-likeness (QED) is 0.507. The van der Waals surface area contributed by atoms with Gasteiger partial charge < -0.3 is 0 Å². The van der Waals surface area contributed by atoms with Crippen molar-refractivity contribution in [1.29, 1.82) is 0 Å². The Morgan fingerprint density at radius 1 is 1.00 bits per heavy atom. The van der Waals surface area contributed by atoms with E-state index >= 15 is 0 Å². The SMILES string of the molecule is Cc1ccccc1S(=O)(=O)N1N=C(c2ccc(Br)cc2)C[C@H]1c1ccc(F)cc1. The lowest BCUT2D eigenvalue weighted by molar-refractivity contribution is 0.371. The summed E-state index contributed by atoms with van der Waals surface area (Å²) in [5.41, 5.74) is 2.86. The zero-order valence-corrected chi connectivity index (χ0v) is 18.0. The molecule has 1 atom stereocenters. The second kappa shape index (κ2) is 7.72. The highest BCUT2D eigenvalue weighted by atomic mass is 79.9. The molecule has 0 radical (unpaired) electrons. The van der Waals surface area contributed by atoms with Gasteiger partial charge in [0.2, 0.25) is 0 Å². The fourth-order valence-corrected chi connectivity index (χ4v) is 5.34. The number of hydrazone groups is 1. The van der Waals surface area contributed by atoms with Gasteiger partial charge in [-0.2, -0.15) is 17.9 Å². The highest BCUT2D eigenvalue weighted by Crippen LogP contribution is 2.37. The van der Waals surface area contributed by atoms with Gasteiger partial charge in [-0.1, -0.05) is 58.4 Å². The predicted octanol–water partition coefficient (Wildman–Crippen LogP) is 5.44. The van der Waals surface area contributed by atoms with E-state index in [1.54, 1.807) is 43.3 Å². The number of hydrogen-bond acceptors (Lipinski definition) is 3. The van der Waals surface area contributed by atoms with Gasteiger partial charge in [-0.05, 0) is 53.9 Å². The first kappa shape index (κ1) is 19.8. The largest absolute Gasteiger partial charge is 0.279 e. The van der Waals surface area contributed by atoms with Crippen molar-refractivity contribution in [3.05, 3.63) is 99.8 Å². The molecule has 0 fully saturated rings. The molecule has 3 aromatic rings. The molecule has 0 aliphatic carbocycles. The Kier molecular flexibility index (Phi) is 5.27. The number of sulfonamides is 1. The first-order valence-electron chi connectivity index (χ1n) is 9.05. The third kappa shape index (κ3) is 3.84. The minimum absolute atomic E-state index is 0.216. The number of rotatable bonds is 4. The molecule has 29 heavy (non-hydrogen) atoms. The molecule has 3 aromatic carbocycles. The maximum Gasteiger partial charge on any atom is 0.279 e. The van der Waals surface area contributed by atoms with Crippen LogP contribution in [0.15, 0.2) is 87.3 Å². The molecule has 4 rings (SSSR count). The van der Waals surface area contributed by atoms with Crippen molar-refractivity contribution in [1.82, 2.24) is 4.41 Å². The first-order chi connectivity index (χ1) is 13.9. The average Bonchev–Trinajstić information content (AvgIpc) is 3.15. The summed E-state index contributed by atoms with van der Waals surface area (Å²) in [6, 6.07) is 19.8. The van der Waals surface area contributed by atoms with E-state index in [1.165, 1.54) is 16.5 Å². The fourth-order valence-electron chi connectivity index (χ4n) is 3.41. The van der Waals surface area contributed by atoms with Crippen molar-refractivity contribution < 1.29 is 12.8 Å². The van der Waals surface area contributed by atoms with Crippen LogP contribution in [-0.2, 0) is 10.0 Å². The Hall–Kier alpha value is -2.51. The molecule has 148 valence electrons. The Morgan fingerprint density at radius 3 is 2.31 bits per heavy atom. The van der Waals surface area contributed by atoms with Crippen LogP contribution in [0.3, 0.4) is 0 Å². The van der Waals surface area contributed by atoms with Crippen molar-refractivity contribution in [2.24, 2.45) is 5.10 Å². The monoisotopic (exact) mass is 472 g/mol. The van der Waals surface area contributed by atoms with E-state index in [1.807, 2.05) is 24.3 Å². The lowest BCUT2D eigenvalue weighted by Gasteiger charge is -2.24. The number of nitrogens with zero attached hydrogens (tertiary/aromatic N) is 2. The van der Waals surface area contributed by atoms with E-state index in [-0.39, 0.29) is 10.7 Å². The van der Waals surface area contributed by atoms with Crippen LogP contribution in [0.1, 0.15) is 29.2 Å². The van der Waals surface area contributed by atoms with E-state index in [9.17, 15) is 12.8 Å². The van der Waals surface area contributed by atoms with Crippen molar-refractivity contribution in [2.75, 3.05) is 0 Å². The molecule has 0 aromatic heterocycles. The summed E-state index contributed by atoms with van der Waals surface area (Å²) < 4.78 is 42.5. The van der Waals surface area contributed by atoms with Crippen LogP contribution < -0.4 is 0 Å². The smallest absolute Gasteiger partial charge is 0.207 e. The van der Waals surface area contributed by atoms with Crippen LogP contribution in [0.2, 0.25) is 0 Å². The number of hydrogen-bond donors (Lipinski definition) is 0. The zero-order chi connectivity index (χ0) is 20.6. The van der Waals surface area contributed by atoms with Gasteiger partial charge in [-0.3, -0.25) is 0 Å². The van der Waals surface area contributed by atoms with Gasteiger partial charge in [0.05, 0.1) is 16.6 Å². The molecular formula is C22H18BrFN2O2S. The lowest BCUT2D eigenvalue weighted by atomic mass is 9.99. The van der Waals surface area contributed by atoms with Crippen LogP contribution in [0, 0.1) is 12.7 Å². The van der Waals surface area contributed by atoms with E-state index < -0.39 is 16.1 Å². The molecule has 0 N–H and O–H groups in total. The Morgan fingerprint density at radius 2 is 1.66 bits per heavy atom. The third-order valence-corrected chi connectivity index (χ3v) is 7.29. The van der Waals surface area contributed by atoms with E-state index in [0.717, 1.165) is 10.0 Å². The standard InChI is InChI=1S/C22H18BrFN2O2S/c1-15-4-2-3-5-22(15)29(27,28)26-21(17-8-12-19(24)13-9-17)14-20(25-26)16-6-10-18(23)11-7-16/h2-13,21H,14H2,1H3/t21-/m0/s1. The Bertz CT molecular complexity index is 1180. The normalized spacial score (nSPS) is 16.7. The molecule has 4 nitrogen and oxygen atoms in total. The predicted molar refractivity (Wildman–Crippen MR) is 115 cm³/mol. The summed E-state index contributed by atoms with van der Waals surface area (Å²) in [6.45, 7) is 1.76. The van der Waals surface area contributed by atoms with Crippen LogP contribution in [0.25, 0.3) is 0 Å². The molecule has 0 saturated heterocycles. The highest BCUT2D eigenvalue weighted by molar-refractivity contribution is 9.10. The zero-order valence-electron chi connectivity index (χ0n) is 15.6. The van der Waals surface area contributed by atoms with Gasteiger partial charge in [0.15, 0.2) is 0 Å². The summed E-state index contributed by atoms with van der Waals surface area (Å²) in [4.78, 5) is 0.216. The molecule has 0 bridgehead atoms. The second-order valence-electron chi connectivity index (χ2n) is 6.87. The summed E-state index contributed by atoms with van der Waals surface area (Å²) in [5.74, 6) is -0.367. The summed E-state index contributed by atoms with van der Waals surface area (Å²) in [7, 11) is -3.88. The molecule has 1 heterocycles. The third-order valence-electron chi connectivity index (χ3n) is 4.92. The van der Waals surface area contributed by atoms with Crippen molar-refractivity contribution in [2.45, 2.75) is 24.3 Å². The fraction of sp³-hybridized carbons (Fsp3) is 0.136. The molecular weight excluding hydrogens is 455 g/mol. The maximum absolute atomic E-state index is 13.5. The van der Waals surface area contributed by atoms with Gasteiger partial charge in [-0.15, -0.1) is 0 Å². The molecule has 1 aliphatic heterocycles. The topological polar surface area (TPSA) is 49.7 Å². The first-order valence-corrected chi connectivity index (χ1v) is 11.3. The second-order valence-corrected chi connectivity index (χ2v) is 9.55. The van der Waals surface area contributed by atoms with Crippen molar-refractivity contribution in [3.63, 3.8) is 0 Å². The van der Waals surface area contributed by atoms with Crippen LogP contribution in [0.4, 0.5) is 4.39 Å². The summed E-state index contributed by atoms with van der Waals surface area (Å²) in [5, 5.41) is 4.51. The van der Waals surface area contributed by atoms with Gasteiger partial charge in [0, 0.05) is 10.9 Å². The van der Waals surface area contributed by atoms with Crippen molar-refractivity contribution in [3.8, 4) is 0 Å². The van der Waals surface area contributed by atoms with Crippen molar-refractivity contribution >= 4 is 31.7 Å². The number of halogens is 2. The minimum Gasteiger partial charge on any atom is -0.207 e. The van der Waals surface area contributed by atoms with Gasteiger partial charge in [0.25, 0.3) is 10.0 Å². The van der Waals surface area contributed by atoms with Gasteiger partial charge in [-0.25, -0.2) is 4.39 Å². The summed E-state index contributed by atoms with van der Waals surface area (Å²) >= 11 is 3.41. The van der Waals surface area contributed by atoms with Crippen LogP contribution >= 0.6 is 15.9 Å². The number of aryl methyl sites for hydroxylation is 1. The Labute approximate surface area is 177 Å². The molecule has 0 spiro atoms. The maximum atomic E-state index is 13.5. The lowest BCUT2D eigenvalue weighted by Crippen LogP contribution is -2.28. The number of benzene rings is 3.